The number of sulfonamides is 1. The summed E-state index contributed by atoms with van der Waals surface area (Å²) in [6.45, 7) is 1.76. The number of rotatable bonds is 7. The first-order valence-electron chi connectivity index (χ1n) is 8.61. The van der Waals surface area contributed by atoms with Crippen LogP contribution in [-0.4, -0.2) is 43.6 Å². The van der Waals surface area contributed by atoms with E-state index in [9.17, 15) is 8.42 Å². The van der Waals surface area contributed by atoms with E-state index in [1.165, 1.54) is 13.5 Å². The number of piperidine rings is 1. The molecule has 2 aromatic rings. The van der Waals surface area contributed by atoms with Crippen LogP contribution in [0.1, 0.15) is 30.7 Å². The number of anilines is 1. The smallest absolute Gasteiger partial charge is 0.321 e. The number of methoxy groups -OCH3 is 1. The largest absolute Gasteiger partial charge is 0.467 e. The molecule has 8 nitrogen and oxygen atoms in total. The van der Waals surface area contributed by atoms with Crippen LogP contribution in [0.25, 0.3) is 0 Å². The van der Waals surface area contributed by atoms with Crippen molar-refractivity contribution in [2.75, 3.05) is 25.1 Å². The van der Waals surface area contributed by atoms with Gasteiger partial charge >= 0.3 is 6.01 Å². The van der Waals surface area contributed by atoms with E-state index in [4.69, 9.17) is 4.74 Å². The molecule has 0 unspecified atom stereocenters. The lowest BCUT2D eigenvalue weighted by Gasteiger charge is -2.26. The molecule has 9 heteroatoms. The van der Waals surface area contributed by atoms with E-state index in [0.717, 1.165) is 31.5 Å². The van der Waals surface area contributed by atoms with Gasteiger partial charge in [-0.2, -0.15) is 15.0 Å². The average Bonchev–Trinajstić information content (AvgIpc) is 2.67. The molecule has 1 aliphatic rings. The summed E-state index contributed by atoms with van der Waals surface area (Å²) in [7, 11) is -2.01. The Hall–Kier alpha value is -2.26. The summed E-state index contributed by atoms with van der Waals surface area (Å²) < 4.78 is 32.3. The maximum Gasteiger partial charge on any atom is 0.321 e. The minimum Gasteiger partial charge on any atom is -0.467 e. The molecule has 1 saturated heterocycles. The van der Waals surface area contributed by atoms with Crippen molar-refractivity contribution in [3.8, 4) is 6.01 Å². The van der Waals surface area contributed by atoms with Gasteiger partial charge in [-0.1, -0.05) is 30.3 Å². The Kier molecular flexibility index (Phi) is 6.00. The van der Waals surface area contributed by atoms with Crippen LogP contribution in [0.3, 0.4) is 0 Å². The fourth-order valence-electron chi connectivity index (χ4n) is 2.81. The minimum absolute atomic E-state index is 0.00507. The van der Waals surface area contributed by atoms with E-state index in [1.54, 1.807) is 12.1 Å². The lowest BCUT2D eigenvalue weighted by atomic mass is 10.1. The highest BCUT2D eigenvalue weighted by atomic mass is 32.2. The third kappa shape index (κ3) is 5.12. The molecule has 26 heavy (non-hydrogen) atoms. The Morgan fingerprint density at radius 3 is 2.50 bits per heavy atom. The van der Waals surface area contributed by atoms with Gasteiger partial charge in [-0.3, -0.25) is 0 Å². The Morgan fingerprint density at radius 1 is 1.08 bits per heavy atom. The maximum atomic E-state index is 12.3. The lowest BCUT2D eigenvalue weighted by Crippen LogP contribution is -2.32. The first-order chi connectivity index (χ1) is 12.6. The van der Waals surface area contributed by atoms with Gasteiger partial charge in [-0.25, -0.2) is 13.1 Å². The van der Waals surface area contributed by atoms with E-state index >= 15 is 0 Å². The van der Waals surface area contributed by atoms with E-state index in [0.29, 0.717) is 11.8 Å². The van der Waals surface area contributed by atoms with Gasteiger partial charge in [0.05, 0.1) is 19.4 Å². The molecule has 0 amide bonds. The van der Waals surface area contributed by atoms with Gasteiger partial charge in [0.15, 0.2) is 5.82 Å². The van der Waals surface area contributed by atoms with Crippen molar-refractivity contribution in [2.24, 2.45) is 0 Å². The van der Waals surface area contributed by atoms with Crippen LogP contribution >= 0.6 is 0 Å². The van der Waals surface area contributed by atoms with Crippen LogP contribution in [-0.2, 0) is 22.3 Å². The highest BCUT2D eigenvalue weighted by molar-refractivity contribution is 7.88. The van der Waals surface area contributed by atoms with Gasteiger partial charge in [0.2, 0.25) is 16.0 Å². The Balaban J connectivity index is 1.70. The van der Waals surface area contributed by atoms with Gasteiger partial charge in [0, 0.05) is 13.1 Å². The molecule has 0 bridgehead atoms. The topological polar surface area (TPSA) is 97.3 Å². The molecule has 1 aliphatic heterocycles. The predicted molar refractivity (Wildman–Crippen MR) is 98.3 cm³/mol. The number of ether oxygens (including phenoxy) is 1. The molecule has 1 aromatic carbocycles. The number of nitrogens with zero attached hydrogens (tertiary/aromatic N) is 4. The summed E-state index contributed by atoms with van der Waals surface area (Å²) in [5.74, 6) is 0.789. The molecule has 1 aromatic heterocycles. The van der Waals surface area contributed by atoms with Gasteiger partial charge in [0.25, 0.3) is 0 Å². The Bertz CT molecular complexity index is 824. The van der Waals surface area contributed by atoms with Crippen LogP contribution in [0.15, 0.2) is 30.3 Å². The summed E-state index contributed by atoms with van der Waals surface area (Å²) in [4.78, 5) is 14.9. The second-order valence-electron chi connectivity index (χ2n) is 6.15. The lowest BCUT2D eigenvalue weighted by molar-refractivity contribution is 0.374. The van der Waals surface area contributed by atoms with Gasteiger partial charge < -0.3 is 9.64 Å². The van der Waals surface area contributed by atoms with Crippen molar-refractivity contribution < 1.29 is 13.2 Å². The number of nitrogens with one attached hydrogen (secondary N) is 1. The zero-order valence-electron chi connectivity index (χ0n) is 14.8. The fourth-order valence-corrected chi connectivity index (χ4v) is 3.89. The van der Waals surface area contributed by atoms with Crippen molar-refractivity contribution in [3.05, 3.63) is 41.7 Å². The highest BCUT2D eigenvalue weighted by Gasteiger charge is 2.18. The molecular formula is C17H23N5O3S. The van der Waals surface area contributed by atoms with Gasteiger partial charge in [-0.05, 0) is 24.8 Å². The van der Waals surface area contributed by atoms with Crippen molar-refractivity contribution >= 4 is 16.0 Å². The zero-order chi connectivity index (χ0) is 18.4. The van der Waals surface area contributed by atoms with Gasteiger partial charge in [-0.15, -0.1) is 0 Å². The van der Waals surface area contributed by atoms with E-state index in [2.05, 4.69) is 24.6 Å². The second kappa shape index (κ2) is 8.41. The van der Waals surface area contributed by atoms with E-state index in [-0.39, 0.29) is 18.3 Å². The molecule has 0 aliphatic carbocycles. The SMILES string of the molecule is COc1nc(CNS(=O)(=O)Cc2ccccc2)nc(N2CCCCC2)n1. The Labute approximate surface area is 153 Å². The van der Waals surface area contributed by atoms with E-state index < -0.39 is 10.0 Å². The molecular weight excluding hydrogens is 354 g/mol. The molecule has 140 valence electrons. The van der Waals surface area contributed by atoms with Crippen LogP contribution in [0.4, 0.5) is 5.95 Å². The third-order valence-electron chi connectivity index (χ3n) is 4.12. The minimum atomic E-state index is -3.49. The van der Waals surface area contributed by atoms with E-state index in [1.807, 2.05) is 18.2 Å². The first-order valence-corrected chi connectivity index (χ1v) is 10.3. The Morgan fingerprint density at radius 2 is 1.81 bits per heavy atom. The predicted octanol–water partition coefficient (Wildman–Crippen LogP) is 1.49. The standard InChI is InChI=1S/C17H23N5O3S/c1-25-17-20-15(19-16(21-17)22-10-6-3-7-11-22)12-18-26(23,24)13-14-8-4-2-5-9-14/h2,4-5,8-9,18H,3,6-7,10-13H2,1H3. The molecule has 1 fully saturated rings. The number of benzene rings is 1. The van der Waals surface area contributed by atoms with Crippen LogP contribution in [0, 0.1) is 0 Å². The number of hydrogen-bond donors (Lipinski definition) is 1. The molecule has 1 N–H and O–H groups in total. The first kappa shape index (κ1) is 18.5. The summed E-state index contributed by atoms with van der Waals surface area (Å²) in [6, 6.07) is 9.22. The maximum absolute atomic E-state index is 12.3. The second-order valence-corrected chi connectivity index (χ2v) is 7.96. The summed E-state index contributed by atoms with van der Waals surface area (Å²) in [5.41, 5.74) is 0.724. The van der Waals surface area contributed by atoms with Crippen LogP contribution < -0.4 is 14.4 Å². The molecule has 2 heterocycles. The van der Waals surface area contributed by atoms with Crippen LogP contribution in [0.5, 0.6) is 6.01 Å². The van der Waals surface area contributed by atoms with Crippen molar-refractivity contribution in [1.82, 2.24) is 19.7 Å². The zero-order valence-corrected chi connectivity index (χ0v) is 15.6. The van der Waals surface area contributed by atoms with Crippen molar-refractivity contribution in [1.29, 1.82) is 0 Å². The molecule has 3 rings (SSSR count). The van der Waals surface area contributed by atoms with Crippen LogP contribution in [0.2, 0.25) is 0 Å². The summed E-state index contributed by atoms with van der Waals surface area (Å²) >= 11 is 0. The van der Waals surface area contributed by atoms with Gasteiger partial charge in [0.1, 0.15) is 0 Å². The molecule has 0 saturated carbocycles. The normalized spacial score (nSPS) is 15.0. The fraction of sp³-hybridized carbons (Fsp3) is 0.471. The average molecular weight is 377 g/mol. The number of aromatic nitrogens is 3. The third-order valence-corrected chi connectivity index (χ3v) is 5.42. The monoisotopic (exact) mass is 377 g/mol. The molecule has 0 spiro atoms. The summed E-state index contributed by atoms with van der Waals surface area (Å²) in [6.07, 6.45) is 3.38. The van der Waals surface area contributed by atoms with Crippen molar-refractivity contribution in [2.45, 2.75) is 31.6 Å². The molecule has 0 radical (unpaired) electrons. The summed E-state index contributed by atoms with van der Waals surface area (Å²) in [5, 5.41) is 0. The highest BCUT2D eigenvalue weighted by Crippen LogP contribution is 2.17. The molecule has 0 atom stereocenters. The quantitative estimate of drug-likeness (QED) is 0.781. The number of hydrogen-bond acceptors (Lipinski definition) is 7. The van der Waals surface area contributed by atoms with Crippen molar-refractivity contribution in [3.63, 3.8) is 0 Å².